The molecule has 1 unspecified atom stereocenters. The zero-order valence-corrected chi connectivity index (χ0v) is 12.1. The molecule has 17 heavy (non-hydrogen) atoms. The highest BCUT2D eigenvalue weighted by Gasteiger charge is 2.22. The van der Waals surface area contributed by atoms with E-state index in [4.69, 9.17) is 4.74 Å². The van der Waals surface area contributed by atoms with E-state index < -0.39 is 0 Å². The monoisotopic (exact) mass is 297 g/mol. The molecule has 1 aliphatic carbocycles. The maximum absolute atomic E-state index is 5.26. The molecule has 0 heterocycles. The molecule has 1 saturated carbocycles. The van der Waals surface area contributed by atoms with Crippen molar-refractivity contribution in [3.8, 4) is 5.75 Å². The maximum Gasteiger partial charge on any atom is 0.133 e. The van der Waals surface area contributed by atoms with Gasteiger partial charge >= 0.3 is 0 Å². The topological polar surface area (TPSA) is 21.3 Å². The lowest BCUT2D eigenvalue weighted by Crippen LogP contribution is -2.23. The van der Waals surface area contributed by atoms with Gasteiger partial charge in [-0.3, -0.25) is 0 Å². The highest BCUT2D eigenvalue weighted by atomic mass is 79.9. The van der Waals surface area contributed by atoms with Crippen LogP contribution in [0.1, 0.15) is 37.3 Å². The van der Waals surface area contributed by atoms with Crippen molar-refractivity contribution in [1.29, 1.82) is 0 Å². The van der Waals surface area contributed by atoms with Crippen molar-refractivity contribution in [2.75, 3.05) is 14.2 Å². The molecule has 94 valence electrons. The van der Waals surface area contributed by atoms with Gasteiger partial charge in [-0.15, -0.1) is 0 Å². The fourth-order valence-electron chi connectivity index (χ4n) is 2.38. The van der Waals surface area contributed by atoms with Gasteiger partial charge in [0.2, 0.25) is 0 Å². The molecular formula is C14H20BrNO. The van der Waals surface area contributed by atoms with E-state index in [0.717, 1.165) is 16.1 Å². The number of rotatable bonds is 5. The average Bonchev–Trinajstić information content (AvgIpc) is 2.28. The third-order valence-corrected chi connectivity index (χ3v) is 4.34. The Morgan fingerprint density at radius 2 is 2.24 bits per heavy atom. The average molecular weight is 298 g/mol. The first-order valence-corrected chi connectivity index (χ1v) is 7.04. The van der Waals surface area contributed by atoms with Crippen LogP contribution in [0.15, 0.2) is 22.7 Å². The van der Waals surface area contributed by atoms with Gasteiger partial charge in [0.15, 0.2) is 0 Å². The third-order valence-electron chi connectivity index (χ3n) is 3.72. The van der Waals surface area contributed by atoms with Crippen molar-refractivity contribution >= 4 is 15.9 Å². The molecule has 0 aliphatic heterocycles. The minimum absolute atomic E-state index is 0.461. The van der Waals surface area contributed by atoms with E-state index in [1.807, 2.05) is 13.1 Å². The predicted molar refractivity (Wildman–Crippen MR) is 74.5 cm³/mol. The van der Waals surface area contributed by atoms with Gasteiger partial charge in [-0.05, 0) is 53.0 Å². The molecule has 0 bridgehead atoms. The number of hydrogen-bond acceptors (Lipinski definition) is 2. The van der Waals surface area contributed by atoms with E-state index in [-0.39, 0.29) is 0 Å². The zero-order chi connectivity index (χ0) is 12.3. The SMILES string of the molecule is CNC(CC1CCC1)c1ccc(OC)c(Br)c1. The Hall–Kier alpha value is -0.540. The maximum atomic E-state index is 5.26. The molecule has 1 fully saturated rings. The summed E-state index contributed by atoms with van der Waals surface area (Å²) in [5.74, 6) is 1.81. The van der Waals surface area contributed by atoms with Crippen LogP contribution in [0, 0.1) is 5.92 Å². The molecule has 1 N–H and O–H groups in total. The second-order valence-electron chi connectivity index (χ2n) is 4.77. The largest absolute Gasteiger partial charge is 0.496 e. The van der Waals surface area contributed by atoms with Gasteiger partial charge in [0, 0.05) is 6.04 Å². The number of halogens is 1. The van der Waals surface area contributed by atoms with Gasteiger partial charge < -0.3 is 10.1 Å². The molecular weight excluding hydrogens is 278 g/mol. The molecule has 2 rings (SSSR count). The van der Waals surface area contributed by atoms with Crippen LogP contribution in [0.5, 0.6) is 5.75 Å². The van der Waals surface area contributed by atoms with Crippen LogP contribution in [0.25, 0.3) is 0 Å². The van der Waals surface area contributed by atoms with Crippen LogP contribution in [-0.2, 0) is 0 Å². The lowest BCUT2D eigenvalue weighted by atomic mass is 9.79. The minimum atomic E-state index is 0.461. The Labute approximate surface area is 112 Å². The second kappa shape index (κ2) is 5.87. The van der Waals surface area contributed by atoms with E-state index in [1.165, 1.54) is 31.2 Å². The van der Waals surface area contributed by atoms with Crippen molar-refractivity contribution in [3.63, 3.8) is 0 Å². The lowest BCUT2D eigenvalue weighted by molar-refractivity contribution is 0.265. The van der Waals surface area contributed by atoms with Gasteiger partial charge in [0.05, 0.1) is 11.6 Å². The Morgan fingerprint density at radius 1 is 1.47 bits per heavy atom. The van der Waals surface area contributed by atoms with Crippen LogP contribution in [0.3, 0.4) is 0 Å². The zero-order valence-electron chi connectivity index (χ0n) is 10.5. The standard InChI is InChI=1S/C14H20BrNO/c1-16-13(8-10-4-3-5-10)11-6-7-14(17-2)12(15)9-11/h6-7,9-10,13,16H,3-5,8H2,1-2H3. The highest BCUT2D eigenvalue weighted by molar-refractivity contribution is 9.10. The van der Waals surface area contributed by atoms with Gasteiger partial charge in [-0.2, -0.15) is 0 Å². The number of benzene rings is 1. The lowest BCUT2D eigenvalue weighted by Gasteiger charge is -2.30. The summed E-state index contributed by atoms with van der Waals surface area (Å²) < 4.78 is 6.29. The molecule has 1 aromatic carbocycles. The summed E-state index contributed by atoms with van der Waals surface area (Å²) >= 11 is 3.55. The van der Waals surface area contributed by atoms with Gasteiger partial charge in [0.1, 0.15) is 5.75 Å². The molecule has 1 atom stereocenters. The number of ether oxygens (including phenoxy) is 1. The Balaban J connectivity index is 2.09. The summed E-state index contributed by atoms with van der Waals surface area (Å²) in [6.07, 6.45) is 5.45. The molecule has 0 aromatic heterocycles. The summed E-state index contributed by atoms with van der Waals surface area (Å²) in [4.78, 5) is 0. The van der Waals surface area contributed by atoms with Gasteiger partial charge in [0.25, 0.3) is 0 Å². The summed E-state index contributed by atoms with van der Waals surface area (Å²) in [5, 5.41) is 3.42. The van der Waals surface area contributed by atoms with E-state index in [9.17, 15) is 0 Å². The fraction of sp³-hybridized carbons (Fsp3) is 0.571. The molecule has 0 saturated heterocycles. The summed E-state index contributed by atoms with van der Waals surface area (Å²) in [6, 6.07) is 6.81. The molecule has 2 nitrogen and oxygen atoms in total. The van der Waals surface area contributed by atoms with Crippen molar-refractivity contribution in [1.82, 2.24) is 5.32 Å². The molecule has 3 heteroatoms. The third kappa shape index (κ3) is 3.02. The number of nitrogens with one attached hydrogen (secondary N) is 1. The molecule has 0 amide bonds. The summed E-state index contributed by atoms with van der Waals surface area (Å²) in [6.45, 7) is 0. The minimum Gasteiger partial charge on any atom is -0.496 e. The smallest absolute Gasteiger partial charge is 0.133 e. The Morgan fingerprint density at radius 3 is 2.71 bits per heavy atom. The van der Waals surface area contributed by atoms with Crippen molar-refractivity contribution < 1.29 is 4.74 Å². The number of methoxy groups -OCH3 is 1. The first-order chi connectivity index (χ1) is 8.24. The van der Waals surface area contributed by atoms with Crippen LogP contribution in [0.4, 0.5) is 0 Å². The van der Waals surface area contributed by atoms with Gasteiger partial charge in [-0.1, -0.05) is 25.3 Å². The fourth-order valence-corrected chi connectivity index (χ4v) is 2.94. The quantitative estimate of drug-likeness (QED) is 0.890. The van der Waals surface area contributed by atoms with Crippen LogP contribution >= 0.6 is 15.9 Å². The first kappa shape index (κ1) is 12.9. The summed E-state index contributed by atoms with van der Waals surface area (Å²) in [5.41, 5.74) is 1.34. The second-order valence-corrected chi connectivity index (χ2v) is 5.62. The van der Waals surface area contributed by atoms with Gasteiger partial charge in [-0.25, -0.2) is 0 Å². The molecule has 0 spiro atoms. The summed E-state index contributed by atoms with van der Waals surface area (Å²) in [7, 11) is 3.74. The molecule has 1 aliphatic rings. The predicted octanol–water partition coefficient (Wildman–Crippen LogP) is 3.91. The van der Waals surface area contributed by atoms with Crippen LogP contribution < -0.4 is 10.1 Å². The normalized spacial score (nSPS) is 17.6. The number of hydrogen-bond donors (Lipinski definition) is 1. The van der Waals surface area contributed by atoms with Crippen molar-refractivity contribution in [2.24, 2.45) is 5.92 Å². The van der Waals surface area contributed by atoms with Crippen LogP contribution in [0.2, 0.25) is 0 Å². The Kier molecular flexibility index (Phi) is 4.46. The van der Waals surface area contributed by atoms with E-state index in [0.29, 0.717) is 6.04 Å². The van der Waals surface area contributed by atoms with Crippen molar-refractivity contribution in [3.05, 3.63) is 28.2 Å². The van der Waals surface area contributed by atoms with E-state index in [2.05, 4.69) is 33.4 Å². The van der Waals surface area contributed by atoms with Crippen LogP contribution in [-0.4, -0.2) is 14.2 Å². The van der Waals surface area contributed by atoms with E-state index >= 15 is 0 Å². The first-order valence-electron chi connectivity index (χ1n) is 6.25. The highest BCUT2D eigenvalue weighted by Crippen LogP contribution is 2.36. The molecule has 0 radical (unpaired) electrons. The molecule has 1 aromatic rings. The van der Waals surface area contributed by atoms with E-state index in [1.54, 1.807) is 7.11 Å². The van der Waals surface area contributed by atoms with Crippen molar-refractivity contribution in [2.45, 2.75) is 31.7 Å². The Bertz CT molecular complexity index is 376.